The van der Waals surface area contributed by atoms with Crippen LogP contribution in [0.3, 0.4) is 0 Å². The Morgan fingerprint density at radius 3 is 2.45 bits per heavy atom. The maximum Gasteiger partial charge on any atom is 0.330 e. The van der Waals surface area contributed by atoms with E-state index >= 15 is 0 Å². The van der Waals surface area contributed by atoms with Crippen molar-refractivity contribution in [3.05, 3.63) is 65.0 Å². The van der Waals surface area contributed by atoms with Gasteiger partial charge in [-0.1, -0.05) is 30.3 Å². The van der Waals surface area contributed by atoms with Gasteiger partial charge in [0.1, 0.15) is 5.82 Å². The average Bonchev–Trinajstić information content (AvgIpc) is 2.41. The van der Waals surface area contributed by atoms with Crippen LogP contribution in [-0.4, -0.2) is 11.1 Å². The minimum absolute atomic E-state index is 0.179. The molecule has 0 saturated heterocycles. The highest BCUT2D eigenvalue weighted by molar-refractivity contribution is 5.79. The van der Waals surface area contributed by atoms with Gasteiger partial charge >= 0.3 is 5.97 Å². The second kappa shape index (κ2) is 5.74. The van der Waals surface area contributed by atoms with Gasteiger partial charge in [-0.2, -0.15) is 0 Å². The van der Waals surface area contributed by atoms with Crippen LogP contribution in [0.15, 0.2) is 42.5 Å². The fraction of sp³-hybridized carbons (Fsp3) is 0.188. The van der Waals surface area contributed by atoms with E-state index in [4.69, 9.17) is 0 Å². The summed E-state index contributed by atoms with van der Waals surface area (Å²) in [6.07, 6.45) is 0. The molecule has 0 radical (unpaired) electrons. The molecular weight excluding hydrogens is 257 g/mol. The lowest BCUT2D eigenvalue weighted by Crippen LogP contribution is -2.21. The highest BCUT2D eigenvalue weighted by Gasteiger charge is 2.21. The monoisotopic (exact) mass is 273 g/mol. The number of halogens is 1. The summed E-state index contributed by atoms with van der Waals surface area (Å²) >= 11 is 0. The minimum Gasteiger partial charge on any atom is -0.479 e. The maximum absolute atomic E-state index is 13.6. The zero-order valence-corrected chi connectivity index (χ0v) is 11.4. The summed E-state index contributed by atoms with van der Waals surface area (Å²) in [5.41, 5.74) is 2.87. The Morgan fingerprint density at radius 1 is 1.15 bits per heavy atom. The summed E-state index contributed by atoms with van der Waals surface area (Å²) in [6.45, 7) is 3.88. The lowest BCUT2D eigenvalue weighted by atomic mass is 10.0. The number of carboxylic acid groups (broad SMARTS) is 1. The third-order valence-electron chi connectivity index (χ3n) is 3.28. The Labute approximate surface area is 117 Å². The number of para-hydroxylation sites is 1. The van der Waals surface area contributed by atoms with E-state index in [2.05, 4.69) is 5.32 Å². The first-order valence-electron chi connectivity index (χ1n) is 6.30. The van der Waals surface area contributed by atoms with E-state index in [1.54, 1.807) is 18.2 Å². The van der Waals surface area contributed by atoms with Crippen LogP contribution in [0.2, 0.25) is 0 Å². The van der Waals surface area contributed by atoms with Crippen LogP contribution in [0.5, 0.6) is 0 Å². The van der Waals surface area contributed by atoms with Gasteiger partial charge in [-0.05, 0) is 42.7 Å². The molecular formula is C16H16FNO2. The van der Waals surface area contributed by atoms with Gasteiger partial charge in [-0.15, -0.1) is 0 Å². The number of benzene rings is 2. The van der Waals surface area contributed by atoms with Crippen molar-refractivity contribution in [1.82, 2.24) is 0 Å². The summed E-state index contributed by atoms with van der Waals surface area (Å²) in [7, 11) is 0. The fourth-order valence-electron chi connectivity index (χ4n) is 1.97. The van der Waals surface area contributed by atoms with Gasteiger partial charge in [0, 0.05) is 0 Å². The number of nitrogens with one attached hydrogen (secondary N) is 1. The molecule has 0 fully saturated rings. The number of hydrogen-bond donors (Lipinski definition) is 2. The van der Waals surface area contributed by atoms with E-state index < -0.39 is 17.8 Å². The van der Waals surface area contributed by atoms with Gasteiger partial charge in [-0.3, -0.25) is 0 Å². The number of anilines is 1. The molecule has 0 aliphatic carbocycles. The Balaban J connectivity index is 2.34. The first-order valence-corrected chi connectivity index (χ1v) is 6.30. The predicted molar refractivity (Wildman–Crippen MR) is 76.3 cm³/mol. The smallest absolute Gasteiger partial charge is 0.330 e. The molecule has 20 heavy (non-hydrogen) atoms. The van der Waals surface area contributed by atoms with E-state index in [1.807, 2.05) is 26.0 Å². The van der Waals surface area contributed by atoms with Crippen molar-refractivity contribution in [2.45, 2.75) is 19.9 Å². The molecule has 0 aliphatic rings. The Hall–Kier alpha value is -2.36. The first-order chi connectivity index (χ1) is 9.49. The van der Waals surface area contributed by atoms with E-state index in [1.165, 1.54) is 12.1 Å². The highest BCUT2D eigenvalue weighted by atomic mass is 19.1. The molecule has 2 N–H and O–H groups in total. The topological polar surface area (TPSA) is 49.3 Å². The molecule has 2 rings (SSSR count). The zero-order chi connectivity index (χ0) is 14.7. The molecule has 104 valence electrons. The van der Waals surface area contributed by atoms with Crippen molar-refractivity contribution in [3.8, 4) is 0 Å². The quantitative estimate of drug-likeness (QED) is 0.893. The van der Waals surface area contributed by atoms with Crippen LogP contribution in [0.25, 0.3) is 0 Å². The van der Waals surface area contributed by atoms with Crippen molar-refractivity contribution in [2.75, 3.05) is 5.32 Å². The van der Waals surface area contributed by atoms with Gasteiger partial charge in [0.2, 0.25) is 0 Å². The van der Waals surface area contributed by atoms with Crippen LogP contribution in [0.1, 0.15) is 22.7 Å². The van der Waals surface area contributed by atoms with Crippen LogP contribution < -0.4 is 5.32 Å². The van der Waals surface area contributed by atoms with Gasteiger partial charge in [0.05, 0.1) is 5.69 Å². The lowest BCUT2D eigenvalue weighted by Gasteiger charge is -2.17. The fourth-order valence-corrected chi connectivity index (χ4v) is 1.97. The van der Waals surface area contributed by atoms with Crippen molar-refractivity contribution in [3.63, 3.8) is 0 Å². The molecule has 0 heterocycles. The highest BCUT2D eigenvalue weighted by Crippen LogP contribution is 2.23. The number of aryl methyl sites for hydroxylation is 2. The molecule has 0 amide bonds. The second-order valence-corrected chi connectivity index (χ2v) is 4.74. The Kier molecular flexibility index (Phi) is 4.03. The van der Waals surface area contributed by atoms with Gasteiger partial charge in [0.15, 0.2) is 6.04 Å². The van der Waals surface area contributed by atoms with Gasteiger partial charge < -0.3 is 10.4 Å². The van der Waals surface area contributed by atoms with Crippen molar-refractivity contribution in [1.29, 1.82) is 0 Å². The number of hydrogen-bond acceptors (Lipinski definition) is 2. The molecule has 1 unspecified atom stereocenters. The number of rotatable bonds is 4. The number of carbonyl (C=O) groups is 1. The van der Waals surface area contributed by atoms with Crippen LogP contribution >= 0.6 is 0 Å². The van der Waals surface area contributed by atoms with Gasteiger partial charge in [0.25, 0.3) is 0 Å². The largest absolute Gasteiger partial charge is 0.479 e. The number of aliphatic carboxylic acids is 1. The van der Waals surface area contributed by atoms with E-state index in [-0.39, 0.29) is 5.69 Å². The maximum atomic E-state index is 13.6. The molecule has 0 bridgehead atoms. The summed E-state index contributed by atoms with van der Waals surface area (Å²) in [5, 5.41) is 12.1. The third kappa shape index (κ3) is 2.96. The Bertz CT molecular complexity index is 640. The third-order valence-corrected chi connectivity index (χ3v) is 3.28. The average molecular weight is 273 g/mol. The summed E-state index contributed by atoms with van der Waals surface area (Å²) in [4.78, 5) is 11.4. The van der Waals surface area contributed by atoms with Crippen LogP contribution in [0, 0.1) is 19.7 Å². The normalized spacial score (nSPS) is 11.9. The lowest BCUT2D eigenvalue weighted by molar-refractivity contribution is -0.138. The molecule has 0 aromatic heterocycles. The summed E-state index contributed by atoms with van der Waals surface area (Å²) in [5.74, 6) is -1.51. The Morgan fingerprint density at radius 2 is 1.85 bits per heavy atom. The molecule has 0 aliphatic heterocycles. The molecule has 0 saturated carbocycles. The van der Waals surface area contributed by atoms with Crippen molar-refractivity contribution >= 4 is 11.7 Å². The minimum atomic E-state index is -1.04. The van der Waals surface area contributed by atoms with E-state index in [9.17, 15) is 14.3 Å². The first kappa shape index (κ1) is 14.1. The molecule has 4 heteroatoms. The summed E-state index contributed by atoms with van der Waals surface area (Å²) in [6, 6.07) is 10.5. The van der Waals surface area contributed by atoms with Crippen molar-refractivity contribution in [2.24, 2.45) is 0 Å². The molecule has 2 aromatic rings. The van der Waals surface area contributed by atoms with Crippen LogP contribution in [0.4, 0.5) is 10.1 Å². The van der Waals surface area contributed by atoms with Crippen LogP contribution in [-0.2, 0) is 4.79 Å². The van der Waals surface area contributed by atoms with E-state index in [0.717, 1.165) is 11.1 Å². The zero-order valence-electron chi connectivity index (χ0n) is 11.4. The SMILES string of the molecule is Cc1ccc(C(Nc2ccccc2F)C(=O)O)cc1C. The predicted octanol–water partition coefficient (Wildman–Crippen LogP) is 3.68. The molecule has 2 aromatic carbocycles. The van der Waals surface area contributed by atoms with E-state index in [0.29, 0.717) is 5.56 Å². The van der Waals surface area contributed by atoms with Crippen molar-refractivity contribution < 1.29 is 14.3 Å². The van der Waals surface area contributed by atoms with Gasteiger partial charge in [-0.25, -0.2) is 9.18 Å². The molecule has 0 spiro atoms. The standard InChI is InChI=1S/C16H16FNO2/c1-10-7-8-12(9-11(10)2)15(16(19)20)18-14-6-4-3-5-13(14)17/h3-9,15,18H,1-2H3,(H,19,20). The molecule has 1 atom stereocenters. The second-order valence-electron chi connectivity index (χ2n) is 4.74. The molecule has 3 nitrogen and oxygen atoms in total. The summed E-state index contributed by atoms with van der Waals surface area (Å²) < 4.78 is 13.6. The number of carboxylic acids is 1.